The molecule has 0 radical (unpaired) electrons. The van der Waals surface area contributed by atoms with Crippen molar-refractivity contribution in [3.05, 3.63) is 50.9 Å². The predicted molar refractivity (Wildman–Crippen MR) is 70.7 cm³/mol. The Balaban J connectivity index is 2.31. The molecule has 0 amide bonds. The molecule has 0 N–H and O–H groups in total. The van der Waals surface area contributed by atoms with Gasteiger partial charge in [-0.1, -0.05) is 0 Å². The van der Waals surface area contributed by atoms with Crippen molar-refractivity contribution < 1.29 is 0 Å². The first-order chi connectivity index (χ1) is 8.25. The van der Waals surface area contributed by atoms with E-state index in [-0.39, 0.29) is 5.56 Å². The fraction of sp³-hybridized carbons (Fsp3) is 0. The topological polar surface area (TPSA) is 47.8 Å². The van der Waals surface area contributed by atoms with Gasteiger partial charge in [0.15, 0.2) is 0 Å². The van der Waals surface area contributed by atoms with Gasteiger partial charge in [0.1, 0.15) is 0 Å². The third kappa shape index (κ3) is 1.79. The molecular formula is C11H6BrN3OS. The highest BCUT2D eigenvalue weighted by Crippen LogP contribution is 2.17. The number of aromatic nitrogens is 3. The Hall–Kier alpha value is -1.53. The normalized spacial score (nSPS) is 10.9. The maximum Gasteiger partial charge on any atom is 0.280 e. The molecule has 0 saturated heterocycles. The SMILES string of the molecule is O=c1c2ccsc2cnn1-c1cncc(Br)c1. The van der Waals surface area contributed by atoms with Crippen molar-refractivity contribution in [2.45, 2.75) is 0 Å². The van der Waals surface area contributed by atoms with Crippen molar-refractivity contribution >= 4 is 37.4 Å². The summed E-state index contributed by atoms with van der Waals surface area (Å²) in [5, 5.41) is 6.72. The van der Waals surface area contributed by atoms with Crippen LogP contribution < -0.4 is 5.56 Å². The van der Waals surface area contributed by atoms with Crippen molar-refractivity contribution in [2.75, 3.05) is 0 Å². The molecule has 0 aliphatic carbocycles. The fourth-order valence-electron chi connectivity index (χ4n) is 1.57. The Morgan fingerprint density at radius 3 is 3.00 bits per heavy atom. The standard InChI is InChI=1S/C11H6BrN3OS/c12-7-3-8(5-13-4-7)15-11(16)9-1-2-17-10(9)6-14-15/h1-6H. The summed E-state index contributed by atoms with van der Waals surface area (Å²) in [6.45, 7) is 0. The summed E-state index contributed by atoms with van der Waals surface area (Å²) < 4.78 is 3.07. The zero-order chi connectivity index (χ0) is 11.8. The Morgan fingerprint density at radius 1 is 1.29 bits per heavy atom. The van der Waals surface area contributed by atoms with E-state index >= 15 is 0 Å². The number of nitrogens with zero attached hydrogens (tertiary/aromatic N) is 3. The Morgan fingerprint density at radius 2 is 2.18 bits per heavy atom. The van der Waals surface area contributed by atoms with E-state index in [0.717, 1.165) is 9.17 Å². The molecule has 0 atom stereocenters. The van der Waals surface area contributed by atoms with Crippen molar-refractivity contribution in [1.29, 1.82) is 0 Å². The van der Waals surface area contributed by atoms with Gasteiger partial charge in [-0.15, -0.1) is 11.3 Å². The lowest BCUT2D eigenvalue weighted by atomic mass is 10.3. The van der Waals surface area contributed by atoms with Crippen LogP contribution in [-0.2, 0) is 0 Å². The summed E-state index contributed by atoms with van der Waals surface area (Å²) in [5.74, 6) is 0. The maximum absolute atomic E-state index is 12.2. The average Bonchev–Trinajstić information content (AvgIpc) is 2.78. The van der Waals surface area contributed by atoms with E-state index in [9.17, 15) is 4.79 Å². The summed E-state index contributed by atoms with van der Waals surface area (Å²) in [5.41, 5.74) is 0.529. The molecule has 17 heavy (non-hydrogen) atoms. The monoisotopic (exact) mass is 307 g/mol. The van der Waals surface area contributed by atoms with Crippen LogP contribution in [0.1, 0.15) is 0 Å². The van der Waals surface area contributed by atoms with E-state index in [4.69, 9.17) is 0 Å². The number of rotatable bonds is 1. The van der Waals surface area contributed by atoms with E-state index < -0.39 is 0 Å². The van der Waals surface area contributed by atoms with Gasteiger partial charge in [0, 0.05) is 10.7 Å². The van der Waals surface area contributed by atoms with Gasteiger partial charge in [-0.3, -0.25) is 9.78 Å². The van der Waals surface area contributed by atoms with Gasteiger partial charge in [0.25, 0.3) is 5.56 Å². The van der Waals surface area contributed by atoms with Crippen LogP contribution in [0.4, 0.5) is 0 Å². The Kier molecular flexibility index (Phi) is 2.53. The lowest BCUT2D eigenvalue weighted by Gasteiger charge is -2.03. The fourth-order valence-corrected chi connectivity index (χ4v) is 2.67. The minimum atomic E-state index is -0.122. The van der Waals surface area contributed by atoms with E-state index in [0.29, 0.717) is 11.1 Å². The number of fused-ring (bicyclic) bond motifs is 1. The van der Waals surface area contributed by atoms with E-state index in [1.165, 1.54) is 16.0 Å². The van der Waals surface area contributed by atoms with Gasteiger partial charge < -0.3 is 0 Å². The van der Waals surface area contributed by atoms with Gasteiger partial charge in [-0.2, -0.15) is 9.78 Å². The zero-order valence-corrected chi connectivity index (χ0v) is 10.9. The molecule has 84 valence electrons. The van der Waals surface area contributed by atoms with Gasteiger partial charge in [0.2, 0.25) is 0 Å². The van der Waals surface area contributed by atoms with Crippen LogP contribution in [0.25, 0.3) is 15.8 Å². The summed E-state index contributed by atoms with van der Waals surface area (Å²) in [6.07, 6.45) is 4.97. The van der Waals surface area contributed by atoms with Crippen LogP contribution in [0.2, 0.25) is 0 Å². The number of pyridine rings is 1. The minimum Gasteiger partial charge on any atom is -0.267 e. The third-order valence-electron chi connectivity index (χ3n) is 2.34. The van der Waals surface area contributed by atoms with Crippen molar-refractivity contribution in [2.24, 2.45) is 0 Å². The summed E-state index contributed by atoms with van der Waals surface area (Å²) >= 11 is 4.83. The first kappa shape index (κ1) is 10.6. The summed E-state index contributed by atoms with van der Waals surface area (Å²) in [6, 6.07) is 3.62. The molecule has 0 aromatic carbocycles. The number of halogens is 1. The highest BCUT2D eigenvalue weighted by Gasteiger charge is 2.07. The van der Waals surface area contributed by atoms with Gasteiger partial charge in [-0.05, 0) is 33.4 Å². The summed E-state index contributed by atoms with van der Waals surface area (Å²) in [4.78, 5) is 16.2. The third-order valence-corrected chi connectivity index (χ3v) is 3.63. The van der Waals surface area contributed by atoms with Gasteiger partial charge in [0.05, 0.1) is 28.2 Å². The second kappa shape index (κ2) is 4.05. The maximum atomic E-state index is 12.2. The highest BCUT2D eigenvalue weighted by atomic mass is 79.9. The number of hydrogen-bond donors (Lipinski definition) is 0. The highest BCUT2D eigenvalue weighted by molar-refractivity contribution is 9.10. The molecule has 0 bridgehead atoms. The van der Waals surface area contributed by atoms with Gasteiger partial charge >= 0.3 is 0 Å². The lowest BCUT2D eigenvalue weighted by Crippen LogP contribution is -2.20. The molecule has 3 heterocycles. The van der Waals surface area contributed by atoms with E-state index in [1.54, 1.807) is 24.7 Å². The van der Waals surface area contributed by atoms with Crippen molar-refractivity contribution in [1.82, 2.24) is 14.8 Å². The molecule has 3 aromatic rings. The molecule has 3 rings (SSSR count). The average molecular weight is 308 g/mol. The van der Waals surface area contributed by atoms with Crippen LogP contribution in [-0.4, -0.2) is 14.8 Å². The van der Waals surface area contributed by atoms with Crippen LogP contribution in [0.3, 0.4) is 0 Å². The molecule has 0 saturated carbocycles. The molecule has 0 fully saturated rings. The predicted octanol–water partition coefficient (Wildman–Crippen LogP) is 2.60. The van der Waals surface area contributed by atoms with Gasteiger partial charge in [-0.25, -0.2) is 0 Å². The largest absolute Gasteiger partial charge is 0.280 e. The quantitative estimate of drug-likeness (QED) is 0.694. The van der Waals surface area contributed by atoms with Crippen molar-refractivity contribution in [3.63, 3.8) is 0 Å². The first-order valence-corrected chi connectivity index (χ1v) is 6.49. The number of hydrogen-bond acceptors (Lipinski definition) is 4. The van der Waals surface area contributed by atoms with Crippen LogP contribution in [0, 0.1) is 0 Å². The van der Waals surface area contributed by atoms with E-state index in [1.807, 2.05) is 11.4 Å². The minimum absolute atomic E-state index is 0.122. The summed E-state index contributed by atoms with van der Waals surface area (Å²) in [7, 11) is 0. The molecule has 3 aromatic heterocycles. The van der Waals surface area contributed by atoms with Crippen molar-refractivity contribution in [3.8, 4) is 5.69 Å². The molecule has 0 aliphatic rings. The lowest BCUT2D eigenvalue weighted by molar-refractivity contribution is 0.816. The molecule has 4 nitrogen and oxygen atoms in total. The second-order valence-electron chi connectivity index (χ2n) is 3.42. The second-order valence-corrected chi connectivity index (χ2v) is 5.28. The first-order valence-electron chi connectivity index (χ1n) is 4.82. The molecule has 0 spiro atoms. The zero-order valence-electron chi connectivity index (χ0n) is 8.50. The number of thiophene rings is 1. The molecule has 0 aliphatic heterocycles. The van der Waals surface area contributed by atoms with E-state index in [2.05, 4.69) is 26.0 Å². The molecule has 6 heteroatoms. The molecular weight excluding hydrogens is 302 g/mol. The van der Waals surface area contributed by atoms with Crippen LogP contribution in [0.5, 0.6) is 0 Å². The Labute approximate surface area is 109 Å². The molecule has 0 unspecified atom stereocenters. The van der Waals surface area contributed by atoms with Crippen LogP contribution in [0.15, 0.2) is 45.4 Å². The smallest absolute Gasteiger partial charge is 0.267 e. The van der Waals surface area contributed by atoms with Crippen LogP contribution >= 0.6 is 27.3 Å². The Bertz CT molecular complexity index is 750.